The quantitative estimate of drug-likeness (QED) is 0.655. The van der Waals surface area contributed by atoms with Crippen molar-refractivity contribution in [2.24, 2.45) is 0 Å². The Hall–Kier alpha value is -2.44. The highest BCUT2D eigenvalue weighted by atomic mass is 19.1. The van der Waals surface area contributed by atoms with Crippen LogP contribution in [0, 0.1) is 15.9 Å². The van der Waals surface area contributed by atoms with Crippen LogP contribution in [0.25, 0.3) is 11.3 Å². The second-order valence-electron chi connectivity index (χ2n) is 4.13. The van der Waals surface area contributed by atoms with E-state index in [0.29, 0.717) is 17.7 Å². The molecule has 0 saturated carbocycles. The van der Waals surface area contributed by atoms with E-state index in [2.05, 4.69) is 10.2 Å². The fraction of sp³-hybridized carbons (Fsp3) is 0.250. The molecule has 7 heteroatoms. The molecule has 0 amide bonds. The Morgan fingerprint density at radius 3 is 2.89 bits per heavy atom. The van der Waals surface area contributed by atoms with Gasteiger partial charge in [0.25, 0.3) is 5.69 Å². The number of halogens is 1. The molecule has 0 spiro atoms. The highest BCUT2D eigenvalue weighted by Crippen LogP contribution is 2.33. The van der Waals surface area contributed by atoms with E-state index < -0.39 is 10.7 Å². The third kappa shape index (κ3) is 2.40. The molecule has 19 heavy (non-hydrogen) atoms. The monoisotopic (exact) mass is 264 g/mol. The summed E-state index contributed by atoms with van der Waals surface area (Å²) in [7, 11) is 0. The molecule has 1 aromatic carbocycles. The summed E-state index contributed by atoms with van der Waals surface area (Å²) in [4.78, 5) is 10.4. The van der Waals surface area contributed by atoms with Gasteiger partial charge < -0.3 is 5.73 Å². The summed E-state index contributed by atoms with van der Waals surface area (Å²) >= 11 is 0. The van der Waals surface area contributed by atoms with Gasteiger partial charge in [0.2, 0.25) is 0 Å². The Bertz CT molecular complexity index is 624. The zero-order valence-electron chi connectivity index (χ0n) is 10.3. The normalized spacial score (nSPS) is 10.6. The van der Waals surface area contributed by atoms with Crippen molar-refractivity contribution >= 4 is 11.5 Å². The molecule has 0 bridgehead atoms. The standard InChI is InChI=1S/C12H13FN4O2/c1-2-3-8-11(15-16-12(8)14)9-6-7(13)4-5-10(9)17(18)19/h4-6H,2-3H2,1H3,(H3,14,15,16). The predicted octanol–water partition coefficient (Wildman–Crippen LogP) is 2.66. The van der Waals surface area contributed by atoms with Crippen LogP contribution < -0.4 is 5.73 Å². The highest BCUT2D eigenvalue weighted by Gasteiger charge is 2.21. The van der Waals surface area contributed by atoms with Crippen molar-refractivity contribution in [1.29, 1.82) is 0 Å². The van der Waals surface area contributed by atoms with Gasteiger partial charge in [-0.05, 0) is 18.6 Å². The third-order valence-corrected chi connectivity index (χ3v) is 2.82. The van der Waals surface area contributed by atoms with E-state index in [9.17, 15) is 14.5 Å². The lowest BCUT2D eigenvalue weighted by molar-refractivity contribution is -0.384. The number of nitrogens with two attached hydrogens (primary N) is 1. The fourth-order valence-corrected chi connectivity index (χ4v) is 1.97. The Kier molecular flexibility index (Phi) is 3.46. The molecule has 0 saturated heterocycles. The van der Waals surface area contributed by atoms with Gasteiger partial charge in [-0.1, -0.05) is 13.3 Å². The van der Waals surface area contributed by atoms with Crippen LogP contribution in [0.5, 0.6) is 0 Å². The Labute approximate surface area is 108 Å². The number of nitrogens with zero attached hydrogens (tertiary/aromatic N) is 2. The van der Waals surface area contributed by atoms with Gasteiger partial charge in [0, 0.05) is 11.6 Å². The van der Waals surface area contributed by atoms with Gasteiger partial charge in [-0.3, -0.25) is 15.2 Å². The number of nitro groups is 1. The first kappa shape index (κ1) is 13.0. The number of aromatic nitrogens is 2. The van der Waals surface area contributed by atoms with Gasteiger partial charge >= 0.3 is 0 Å². The number of nitro benzene ring substituents is 1. The predicted molar refractivity (Wildman–Crippen MR) is 69.0 cm³/mol. The molecule has 0 fully saturated rings. The van der Waals surface area contributed by atoms with Gasteiger partial charge in [0.1, 0.15) is 11.6 Å². The van der Waals surface area contributed by atoms with Gasteiger partial charge in [-0.15, -0.1) is 0 Å². The van der Waals surface area contributed by atoms with Gasteiger partial charge in [-0.2, -0.15) is 5.10 Å². The lowest BCUT2D eigenvalue weighted by Gasteiger charge is -2.04. The highest BCUT2D eigenvalue weighted by molar-refractivity contribution is 5.75. The molecule has 0 aliphatic heterocycles. The molecule has 1 heterocycles. The molecule has 0 aliphatic carbocycles. The van der Waals surface area contributed by atoms with Crippen molar-refractivity contribution in [1.82, 2.24) is 10.2 Å². The number of aromatic amines is 1. The zero-order valence-corrected chi connectivity index (χ0v) is 10.3. The maximum Gasteiger partial charge on any atom is 0.278 e. The van der Waals surface area contributed by atoms with E-state index in [0.717, 1.165) is 24.6 Å². The summed E-state index contributed by atoms with van der Waals surface area (Å²) in [6.07, 6.45) is 1.42. The number of benzene rings is 1. The Balaban J connectivity index is 2.64. The van der Waals surface area contributed by atoms with Crippen LogP contribution in [-0.4, -0.2) is 15.1 Å². The van der Waals surface area contributed by atoms with Crippen LogP contribution in [0.4, 0.5) is 15.9 Å². The molecule has 100 valence electrons. The lowest BCUT2D eigenvalue weighted by Crippen LogP contribution is -1.96. The summed E-state index contributed by atoms with van der Waals surface area (Å²) in [5.41, 5.74) is 6.79. The Morgan fingerprint density at radius 1 is 1.53 bits per heavy atom. The van der Waals surface area contributed by atoms with Crippen molar-refractivity contribution in [2.45, 2.75) is 19.8 Å². The van der Waals surface area contributed by atoms with E-state index in [1.807, 2.05) is 6.92 Å². The molecule has 0 unspecified atom stereocenters. The molecule has 0 atom stereocenters. The number of nitrogen functional groups attached to an aromatic ring is 1. The summed E-state index contributed by atoms with van der Waals surface area (Å²) in [5.74, 6) is -0.258. The average molecular weight is 264 g/mol. The molecule has 2 aromatic rings. The van der Waals surface area contributed by atoms with E-state index >= 15 is 0 Å². The van der Waals surface area contributed by atoms with Crippen molar-refractivity contribution in [3.63, 3.8) is 0 Å². The van der Waals surface area contributed by atoms with Gasteiger partial charge in [-0.25, -0.2) is 4.39 Å². The molecule has 0 radical (unpaired) electrons. The fourth-order valence-electron chi connectivity index (χ4n) is 1.97. The number of H-pyrrole nitrogens is 1. The largest absolute Gasteiger partial charge is 0.382 e. The summed E-state index contributed by atoms with van der Waals surface area (Å²) in [6.45, 7) is 1.95. The minimum Gasteiger partial charge on any atom is -0.382 e. The third-order valence-electron chi connectivity index (χ3n) is 2.82. The number of hydrogen-bond acceptors (Lipinski definition) is 4. The second kappa shape index (κ2) is 5.05. The average Bonchev–Trinajstić information content (AvgIpc) is 2.71. The van der Waals surface area contributed by atoms with Gasteiger partial charge in [0.15, 0.2) is 0 Å². The van der Waals surface area contributed by atoms with E-state index in [4.69, 9.17) is 5.73 Å². The maximum absolute atomic E-state index is 13.3. The summed E-state index contributed by atoms with van der Waals surface area (Å²) < 4.78 is 13.3. The van der Waals surface area contributed by atoms with Crippen LogP contribution in [0.2, 0.25) is 0 Å². The van der Waals surface area contributed by atoms with E-state index in [-0.39, 0.29) is 17.1 Å². The zero-order chi connectivity index (χ0) is 14.0. The van der Waals surface area contributed by atoms with Crippen molar-refractivity contribution in [2.75, 3.05) is 5.73 Å². The molecule has 6 nitrogen and oxygen atoms in total. The molecule has 0 aliphatic rings. The Morgan fingerprint density at radius 2 is 2.26 bits per heavy atom. The first-order valence-electron chi connectivity index (χ1n) is 5.81. The summed E-state index contributed by atoms with van der Waals surface area (Å²) in [5, 5.41) is 17.5. The lowest BCUT2D eigenvalue weighted by atomic mass is 10.0. The van der Waals surface area contributed by atoms with Crippen molar-refractivity contribution < 1.29 is 9.31 Å². The molecular formula is C12H13FN4O2. The number of hydrogen-bond donors (Lipinski definition) is 2. The number of rotatable bonds is 4. The molecular weight excluding hydrogens is 251 g/mol. The SMILES string of the molecule is CCCc1c(N)n[nH]c1-c1cc(F)ccc1[N+](=O)[O-]. The molecule has 1 aromatic heterocycles. The maximum atomic E-state index is 13.3. The minimum absolute atomic E-state index is 0.164. The van der Waals surface area contributed by atoms with E-state index in [1.165, 1.54) is 0 Å². The van der Waals surface area contributed by atoms with Crippen molar-refractivity contribution in [3.8, 4) is 11.3 Å². The second-order valence-corrected chi connectivity index (χ2v) is 4.13. The summed E-state index contributed by atoms with van der Waals surface area (Å²) in [6, 6.07) is 3.31. The number of nitrogens with one attached hydrogen (secondary N) is 1. The van der Waals surface area contributed by atoms with Crippen LogP contribution in [0.3, 0.4) is 0 Å². The molecule has 2 rings (SSSR count). The number of anilines is 1. The van der Waals surface area contributed by atoms with Crippen LogP contribution in [-0.2, 0) is 6.42 Å². The van der Waals surface area contributed by atoms with Crippen LogP contribution in [0.1, 0.15) is 18.9 Å². The first-order valence-corrected chi connectivity index (χ1v) is 5.81. The molecule has 3 N–H and O–H groups in total. The van der Waals surface area contributed by atoms with Crippen LogP contribution in [0.15, 0.2) is 18.2 Å². The van der Waals surface area contributed by atoms with Crippen molar-refractivity contribution in [3.05, 3.63) is 39.7 Å². The topological polar surface area (TPSA) is 97.8 Å². The smallest absolute Gasteiger partial charge is 0.278 e. The van der Waals surface area contributed by atoms with E-state index in [1.54, 1.807) is 0 Å². The van der Waals surface area contributed by atoms with Crippen LogP contribution >= 0.6 is 0 Å². The first-order chi connectivity index (χ1) is 9.04. The van der Waals surface area contributed by atoms with Gasteiger partial charge in [0.05, 0.1) is 16.2 Å². The minimum atomic E-state index is -0.554.